The van der Waals surface area contributed by atoms with Gasteiger partial charge in [0.2, 0.25) is 0 Å². The van der Waals surface area contributed by atoms with Gasteiger partial charge in [-0.25, -0.2) is 0 Å². The van der Waals surface area contributed by atoms with Crippen LogP contribution in [0, 0.1) is 26.7 Å². The molecule has 2 heteroatoms. The van der Waals surface area contributed by atoms with E-state index in [9.17, 15) is 0 Å². The monoisotopic (exact) mass is 261 g/mol. The van der Waals surface area contributed by atoms with E-state index in [-0.39, 0.29) is 0 Å². The molecule has 1 N–H and O–H groups in total. The third-order valence-electron chi connectivity index (χ3n) is 4.27. The van der Waals surface area contributed by atoms with Gasteiger partial charge in [0.1, 0.15) is 0 Å². The van der Waals surface area contributed by atoms with Crippen molar-refractivity contribution < 1.29 is 4.74 Å². The van der Waals surface area contributed by atoms with Gasteiger partial charge in [-0.2, -0.15) is 0 Å². The summed E-state index contributed by atoms with van der Waals surface area (Å²) in [4.78, 5) is 0. The summed E-state index contributed by atoms with van der Waals surface area (Å²) in [6, 6.07) is 5.14. The van der Waals surface area contributed by atoms with Crippen LogP contribution in [-0.2, 0) is 4.74 Å². The first-order chi connectivity index (χ1) is 9.13. The molecule has 1 fully saturated rings. The van der Waals surface area contributed by atoms with Gasteiger partial charge in [0.25, 0.3) is 0 Å². The second kappa shape index (κ2) is 6.53. The Morgan fingerprint density at radius 2 is 1.95 bits per heavy atom. The van der Waals surface area contributed by atoms with Crippen LogP contribution in [0.15, 0.2) is 12.1 Å². The summed E-state index contributed by atoms with van der Waals surface area (Å²) in [7, 11) is 0. The number of aryl methyl sites for hydroxylation is 3. The van der Waals surface area contributed by atoms with Crippen LogP contribution in [0.3, 0.4) is 0 Å². The number of rotatable bonds is 5. The van der Waals surface area contributed by atoms with Crippen molar-refractivity contribution in [2.45, 2.75) is 46.6 Å². The lowest BCUT2D eigenvalue weighted by atomic mass is 9.87. The highest BCUT2D eigenvalue weighted by molar-refractivity contribution is 5.38. The van der Waals surface area contributed by atoms with E-state index in [1.54, 1.807) is 0 Å². The smallest absolute Gasteiger partial charge is 0.0513 e. The number of ether oxygens (including phenoxy) is 1. The van der Waals surface area contributed by atoms with Crippen LogP contribution in [0.25, 0.3) is 0 Å². The third kappa shape index (κ3) is 3.37. The molecule has 1 saturated heterocycles. The van der Waals surface area contributed by atoms with Crippen LogP contribution in [-0.4, -0.2) is 19.8 Å². The Morgan fingerprint density at radius 1 is 1.21 bits per heavy atom. The van der Waals surface area contributed by atoms with Crippen molar-refractivity contribution in [2.75, 3.05) is 19.8 Å². The lowest BCUT2D eigenvalue weighted by Gasteiger charge is -2.26. The van der Waals surface area contributed by atoms with Gasteiger partial charge < -0.3 is 10.1 Å². The zero-order valence-electron chi connectivity index (χ0n) is 12.8. The maximum Gasteiger partial charge on any atom is 0.0513 e. The molecular weight excluding hydrogens is 234 g/mol. The van der Waals surface area contributed by atoms with Gasteiger partial charge in [0.15, 0.2) is 0 Å². The fourth-order valence-corrected chi connectivity index (χ4v) is 2.96. The molecule has 0 spiro atoms. The largest absolute Gasteiger partial charge is 0.381 e. The zero-order valence-corrected chi connectivity index (χ0v) is 12.8. The van der Waals surface area contributed by atoms with Crippen molar-refractivity contribution in [3.05, 3.63) is 34.4 Å². The SMILES string of the molecule is CCCNC(c1cc(C)c(C)cc1C)C1CCOC1. The quantitative estimate of drug-likeness (QED) is 0.873. The molecular formula is C17H27NO. The Labute approximate surface area is 117 Å². The van der Waals surface area contributed by atoms with Gasteiger partial charge in [-0.15, -0.1) is 0 Å². The molecule has 106 valence electrons. The second-order valence-corrected chi connectivity index (χ2v) is 5.85. The molecule has 19 heavy (non-hydrogen) atoms. The minimum absolute atomic E-state index is 0.446. The van der Waals surface area contributed by atoms with E-state index in [1.807, 2.05) is 0 Å². The molecule has 0 aromatic heterocycles. The van der Waals surface area contributed by atoms with E-state index < -0.39 is 0 Å². The van der Waals surface area contributed by atoms with Crippen LogP contribution in [0.5, 0.6) is 0 Å². The topological polar surface area (TPSA) is 21.3 Å². The van der Waals surface area contributed by atoms with E-state index in [0.29, 0.717) is 12.0 Å². The number of nitrogens with one attached hydrogen (secondary N) is 1. The van der Waals surface area contributed by atoms with Crippen molar-refractivity contribution in [1.29, 1.82) is 0 Å². The fourth-order valence-electron chi connectivity index (χ4n) is 2.96. The molecule has 2 unspecified atom stereocenters. The molecule has 0 aliphatic carbocycles. The predicted octanol–water partition coefficient (Wildman–Crippen LogP) is 3.69. The number of hydrogen-bond acceptors (Lipinski definition) is 2. The minimum Gasteiger partial charge on any atom is -0.381 e. The third-order valence-corrected chi connectivity index (χ3v) is 4.27. The molecule has 2 nitrogen and oxygen atoms in total. The van der Waals surface area contributed by atoms with Crippen LogP contribution >= 0.6 is 0 Å². The van der Waals surface area contributed by atoms with E-state index in [2.05, 4.69) is 45.1 Å². The van der Waals surface area contributed by atoms with Gasteiger partial charge in [0.05, 0.1) is 6.61 Å². The van der Waals surface area contributed by atoms with E-state index in [4.69, 9.17) is 4.74 Å². The first-order valence-corrected chi connectivity index (χ1v) is 7.52. The maximum absolute atomic E-state index is 5.59. The molecule has 2 rings (SSSR count). The normalized spacial score (nSPS) is 20.7. The Hall–Kier alpha value is -0.860. The Balaban J connectivity index is 2.28. The molecule has 1 aromatic rings. The number of hydrogen-bond donors (Lipinski definition) is 1. The summed E-state index contributed by atoms with van der Waals surface area (Å²) in [5.74, 6) is 0.618. The first-order valence-electron chi connectivity index (χ1n) is 7.52. The highest BCUT2D eigenvalue weighted by Gasteiger charge is 2.27. The Morgan fingerprint density at radius 3 is 2.58 bits per heavy atom. The van der Waals surface area contributed by atoms with Crippen molar-refractivity contribution in [1.82, 2.24) is 5.32 Å². The molecule has 0 saturated carbocycles. The summed E-state index contributed by atoms with van der Waals surface area (Å²) in [6.07, 6.45) is 2.35. The molecule has 1 aliphatic rings. The van der Waals surface area contributed by atoms with Crippen molar-refractivity contribution >= 4 is 0 Å². The van der Waals surface area contributed by atoms with E-state index in [1.165, 1.54) is 35.1 Å². The second-order valence-electron chi connectivity index (χ2n) is 5.85. The van der Waals surface area contributed by atoms with Crippen molar-refractivity contribution in [3.63, 3.8) is 0 Å². The summed E-state index contributed by atoms with van der Waals surface area (Å²) in [5, 5.41) is 3.74. The summed E-state index contributed by atoms with van der Waals surface area (Å²) in [6.45, 7) is 11.8. The van der Waals surface area contributed by atoms with Crippen LogP contribution in [0.2, 0.25) is 0 Å². The lowest BCUT2D eigenvalue weighted by molar-refractivity contribution is 0.176. The van der Waals surface area contributed by atoms with Gasteiger partial charge >= 0.3 is 0 Å². The molecule has 0 amide bonds. The average Bonchev–Trinajstić information content (AvgIpc) is 2.89. The Kier molecular flexibility index (Phi) is 5.00. The van der Waals surface area contributed by atoms with Gasteiger partial charge in [-0.1, -0.05) is 19.1 Å². The summed E-state index contributed by atoms with van der Waals surface area (Å²) in [5.41, 5.74) is 5.65. The first kappa shape index (κ1) is 14.5. The average molecular weight is 261 g/mol. The minimum atomic E-state index is 0.446. The molecule has 1 aromatic carbocycles. The highest BCUT2D eigenvalue weighted by atomic mass is 16.5. The molecule has 1 heterocycles. The summed E-state index contributed by atoms with van der Waals surface area (Å²) >= 11 is 0. The van der Waals surface area contributed by atoms with Gasteiger partial charge in [0, 0.05) is 18.6 Å². The standard InChI is InChI=1S/C17H27NO/c1-5-7-18-17(15-6-8-19-11-15)16-10-13(3)12(2)9-14(16)4/h9-10,15,17-18H,5-8,11H2,1-4H3. The van der Waals surface area contributed by atoms with Crippen LogP contribution in [0.1, 0.15) is 48.1 Å². The molecule has 0 bridgehead atoms. The predicted molar refractivity (Wildman–Crippen MR) is 80.6 cm³/mol. The molecule has 1 aliphatic heterocycles. The molecule has 0 radical (unpaired) electrons. The number of benzene rings is 1. The highest BCUT2D eigenvalue weighted by Crippen LogP contribution is 2.32. The molecule has 2 atom stereocenters. The summed E-state index contributed by atoms with van der Waals surface area (Å²) < 4.78 is 5.59. The van der Waals surface area contributed by atoms with E-state index in [0.717, 1.165) is 19.8 Å². The Bertz CT molecular complexity index is 422. The zero-order chi connectivity index (χ0) is 13.8. The van der Waals surface area contributed by atoms with Crippen LogP contribution in [0.4, 0.5) is 0 Å². The van der Waals surface area contributed by atoms with Crippen molar-refractivity contribution in [3.8, 4) is 0 Å². The van der Waals surface area contributed by atoms with Crippen molar-refractivity contribution in [2.24, 2.45) is 5.92 Å². The van der Waals surface area contributed by atoms with Gasteiger partial charge in [-0.05, 0) is 62.4 Å². The van der Waals surface area contributed by atoms with Crippen LogP contribution < -0.4 is 5.32 Å². The van der Waals surface area contributed by atoms with Gasteiger partial charge in [-0.3, -0.25) is 0 Å². The maximum atomic E-state index is 5.59. The van der Waals surface area contributed by atoms with E-state index >= 15 is 0 Å². The fraction of sp³-hybridized carbons (Fsp3) is 0.647. The lowest BCUT2D eigenvalue weighted by Crippen LogP contribution is -2.30.